The van der Waals surface area contributed by atoms with Crippen LogP contribution in [0.1, 0.15) is 30.5 Å². The van der Waals surface area contributed by atoms with Crippen LogP contribution in [0.15, 0.2) is 48.2 Å². The lowest BCUT2D eigenvalue weighted by molar-refractivity contribution is 0.250. The predicted octanol–water partition coefficient (Wildman–Crippen LogP) is 4.74. The number of nitrogens with zero attached hydrogens (tertiary/aromatic N) is 8. The second-order valence-electron chi connectivity index (χ2n) is 9.53. The van der Waals surface area contributed by atoms with Gasteiger partial charge in [-0.25, -0.2) is 19.2 Å². The highest BCUT2D eigenvalue weighted by Gasteiger charge is 2.34. The molecule has 38 heavy (non-hydrogen) atoms. The van der Waals surface area contributed by atoms with Crippen LogP contribution in [-0.4, -0.2) is 62.2 Å². The molecule has 0 radical (unpaired) electrons. The maximum absolute atomic E-state index is 14.5. The van der Waals surface area contributed by atoms with Crippen LogP contribution in [0.25, 0.3) is 27.0 Å². The molecule has 1 aromatic carbocycles. The summed E-state index contributed by atoms with van der Waals surface area (Å²) < 4.78 is 16.0. The molecular weight excluding hydrogens is 505 g/mol. The Kier molecular flexibility index (Phi) is 6.18. The fraction of sp³-hybridized carbons (Fsp3) is 0.296. The minimum atomic E-state index is -0.348. The molecule has 3 aromatic heterocycles. The van der Waals surface area contributed by atoms with Gasteiger partial charge in [0, 0.05) is 38.3 Å². The van der Waals surface area contributed by atoms with Gasteiger partial charge < -0.3 is 10.6 Å². The number of fused-ring (bicyclic) bond motifs is 3. The molecule has 1 aliphatic heterocycles. The molecular formula is C27H25ClFN9. The average molecular weight is 530 g/mol. The zero-order valence-corrected chi connectivity index (χ0v) is 21.5. The van der Waals surface area contributed by atoms with Gasteiger partial charge in [-0.15, -0.1) is 5.10 Å². The van der Waals surface area contributed by atoms with Crippen molar-refractivity contribution in [2.75, 3.05) is 43.4 Å². The fourth-order valence-electron chi connectivity index (χ4n) is 5.30. The van der Waals surface area contributed by atoms with Gasteiger partial charge in [0.2, 0.25) is 11.8 Å². The Morgan fingerprint density at radius 1 is 1.16 bits per heavy atom. The van der Waals surface area contributed by atoms with Crippen molar-refractivity contribution in [2.45, 2.75) is 19.3 Å². The number of piperazine rings is 1. The highest BCUT2D eigenvalue weighted by atomic mass is 35.5. The van der Waals surface area contributed by atoms with Crippen molar-refractivity contribution >= 4 is 39.6 Å². The van der Waals surface area contributed by atoms with E-state index in [1.165, 1.54) is 10.6 Å². The first-order valence-corrected chi connectivity index (χ1v) is 12.8. The van der Waals surface area contributed by atoms with Gasteiger partial charge in [0.25, 0.3) is 0 Å². The van der Waals surface area contributed by atoms with E-state index in [0.717, 1.165) is 42.9 Å². The third kappa shape index (κ3) is 4.14. The summed E-state index contributed by atoms with van der Waals surface area (Å²) in [5.41, 5.74) is 11.1. The summed E-state index contributed by atoms with van der Waals surface area (Å²) in [6.07, 6.45) is 2.52. The van der Waals surface area contributed by atoms with Crippen LogP contribution in [0.3, 0.4) is 0 Å². The lowest BCUT2D eigenvalue weighted by Crippen LogP contribution is -2.47. The summed E-state index contributed by atoms with van der Waals surface area (Å²) >= 11 is 6.85. The van der Waals surface area contributed by atoms with Crippen molar-refractivity contribution in [3.63, 3.8) is 0 Å². The molecule has 0 amide bonds. The van der Waals surface area contributed by atoms with Crippen LogP contribution in [0.4, 0.5) is 21.7 Å². The number of hydrogen-bond donors (Lipinski definition) is 1. The summed E-state index contributed by atoms with van der Waals surface area (Å²) in [4.78, 5) is 21.5. The Bertz CT molecular complexity index is 1600. The number of hydrogen-bond acceptors (Lipinski definition) is 7. The number of pyridine rings is 1. The maximum Gasteiger partial charge on any atom is 0.223 e. The molecule has 6 rings (SSSR count). The lowest BCUT2D eigenvalue weighted by atomic mass is 9.97. The Hall–Kier alpha value is -4.07. The monoisotopic (exact) mass is 529 g/mol. The van der Waals surface area contributed by atoms with E-state index in [9.17, 15) is 4.39 Å². The first kappa shape index (κ1) is 24.3. The minimum Gasteiger partial charge on any atom is -0.368 e. The normalized spacial score (nSPS) is 17.7. The van der Waals surface area contributed by atoms with Crippen molar-refractivity contribution < 1.29 is 4.39 Å². The predicted molar refractivity (Wildman–Crippen MR) is 146 cm³/mol. The Morgan fingerprint density at radius 3 is 2.68 bits per heavy atom. The van der Waals surface area contributed by atoms with E-state index in [2.05, 4.69) is 19.8 Å². The lowest BCUT2D eigenvalue weighted by Gasteiger charge is -2.36. The molecule has 4 aromatic rings. The number of nitrogens with two attached hydrogens (primary N) is 1. The molecule has 1 unspecified atom stereocenters. The molecule has 0 bridgehead atoms. The van der Waals surface area contributed by atoms with E-state index < -0.39 is 0 Å². The summed E-state index contributed by atoms with van der Waals surface area (Å²) in [5.74, 6) is 0.407. The maximum atomic E-state index is 14.5. The molecule has 2 N–H and O–H groups in total. The van der Waals surface area contributed by atoms with E-state index in [1.807, 2.05) is 30.0 Å². The van der Waals surface area contributed by atoms with Crippen molar-refractivity contribution in [3.8, 4) is 11.5 Å². The summed E-state index contributed by atoms with van der Waals surface area (Å²) in [6, 6.07) is 10.2. The summed E-state index contributed by atoms with van der Waals surface area (Å²) in [6.45, 7) is 13.0. The molecule has 1 aliphatic carbocycles. The van der Waals surface area contributed by atoms with Crippen LogP contribution in [0, 0.1) is 12.4 Å². The van der Waals surface area contributed by atoms with Crippen molar-refractivity contribution in [2.24, 2.45) is 0 Å². The van der Waals surface area contributed by atoms with Crippen molar-refractivity contribution in [1.82, 2.24) is 29.5 Å². The van der Waals surface area contributed by atoms with Crippen LogP contribution < -0.4 is 10.6 Å². The van der Waals surface area contributed by atoms with Gasteiger partial charge >= 0.3 is 0 Å². The molecule has 11 heteroatoms. The van der Waals surface area contributed by atoms with Crippen LogP contribution in [0.5, 0.6) is 0 Å². The number of rotatable bonds is 5. The standard InChI is InChI=1S/C27H25ClFN9/c1-16-18(8-10-36-11-13-37(14-12-36)21-7-6-17(31-2)15-19(21)29)24-22(23(16)28)26-34-25(20-5-3-4-9-32-20)35-38(26)27(30)33-24/h3-7,9,15,18H,8,10-14H2,1H3,(H2,30,33). The minimum absolute atomic E-state index is 0.0245. The van der Waals surface area contributed by atoms with Gasteiger partial charge in [-0.1, -0.05) is 23.7 Å². The van der Waals surface area contributed by atoms with Gasteiger partial charge in [-0.3, -0.25) is 9.88 Å². The van der Waals surface area contributed by atoms with Gasteiger partial charge in [-0.05, 0) is 49.7 Å². The third-order valence-electron chi connectivity index (χ3n) is 7.36. The molecule has 1 saturated heterocycles. The third-order valence-corrected chi connectivity index (χ3v) is 7.85. The van der Waals surface area contributed by atoms with Crippen LogP contribution in [0.2, 0.25) is 0 Å². The fourth-order valence-corrected chi connectivity index (χ4v) is 5.61. The number of allylic oxidation sites excluding steroid dienone is 1. The molecule has 1 atom stereocenters. The molecule has 0 spiro atoms. The smallest absolute Gasteiger partial charge is 0.223 e. The van der Waals surface area contributed by atoms with E-state index in [-0.39, 0.29) is 17.7 Å². The van der Waals surface area contributed by atoms with Gasteiger partial charge in [-0.2, -0.15) is 4.52 Å². The molecule has 2 aliphatic rings. The number of aromatic nitrogens is 5. The van der Waals surface area contributed by atoms with Crippen LogP contribution >= 0.6 is 11.6 Å². The number of halogens is 2. The molecule has 4 heterocycles. The highest BCUT2D eigenvalue weighted by molar-refractivity contribution is 6.50. The highest BCUT2D eigenvalue weighted by Crippen LogP contribution is 2.46. The number of nitrogen functional groups attached to an aromatic ring is 1. The zero-order valence-electron chi connectivity index (χ0n) is 20.8. The second kappa shape index (κ2) is 9.67. The quantitative estimate of drug-likeness (QED) is 0.373. The largest absolute Gasteiger partial charge is 0.368 e. The SMILES string of the molecule is [C-]#[N+]c1ccc(N2CCN(CCC3C(C)=C(Cl)c4c3nc(N)n3nc(-c5ccccn5)nc43)CC2)c(F)c1. The van der Waals surface area contributed by atoms with Crippen molar-refractivity contribution in [1.29, 1.82) is 0 Å². The molecule has 192 valence electrons. The molecule has 1 fully saturated rings. The first-order valence-electron chi connectivity index (χ1n) is 12.4. The second-order valence-corrected chi connectivity index (χ2v) is 9.91. The average Bonchev–Trinajstić information content (AvgIpc) is 3.48. The van der Waals surface area contributed by atoms with E-state index in [0.29, 0.717) is 46.7 Å². The van der Waals surface area contributed by atoms with E-state index in [4.69, 9.17) is 33.9 Å². The Labute approximate surface area is 224 Å². The molecule has 0 saturated carbocycles. The zero-order chi connectivity index (χ0) is 26.4. The summed E-state index contributed by atoms with van der Waals surface area (Å²) in [7, 11) is 0. The number of anilines is 2. The first-order chi connectivity index (χ1) is 18.4. The topological polar surface area (TPSA) is 92.8 Å². The van der Waals surface area contributed by atoms with Crippen LogP contribution in [-0.2, 0) is 0 Å². The Morgan fingerprint density at radius 2 is 1.97 bits per heavy atom. The van der Waals surface area contributed by atoms with Gasteiger partial charge in [0.15, 0.2) is 11.3 Å². The van der Waals surface area contributed by atoms with Crippen molar-refractivity contribution in [3.05, 3.63) is 76.7 Å². The summed E-state index contributed by atoms with van der Waals surface area (Å²) in [5, 5.41) is 5.18. The van der Waals surface area contributed by atoms with Gasteiger partial charge in [0.1, 0.15) is 11.5 Å². The van der Waals surface area contributed by atoms with Gasteiger partial charge in [0.05, 0.1) is 28.5 Å². The Balaban J connectivity index is 1.18. The molecule has 9 nitrogen and oxygen atoms in total. The van der Waals surface area contributed by atoms with E-state index >= 15 is 0 Å². The van der Waals surface area contributed by atoms with E-state index in [1.54, 1.807) is 18.3 Å². The number of benzene rings is 1.